The maximum absolute atomic E-state index is 12.8. The third-order valence-corrected chi connectivity index (χ3v) is 12.6. The first-order valence-electron chi connectivity index (χ1n) is 28.5. The molecule has 0 heterocycles. The molecule has 1 unspecified atom stereocenters. The fourth-order valence-electron chi connectivity index (χ4n) is 8.30. The Balaban J connectivity index is 4.28. The summed E-state index contributed by atoms with van der Waals surface area (Å²) in [5.41, 5.74) is 0. The predicted octanol–water partition coefficient (Wildman–Crippen LogP) is 18.9. The van der Waals surface area contributed by atoms with Gasteiger partial charge in [0, 0.05) is 19.3 Å². The van der Waals surface area contributed by atoms with E-state index in [1.165, 1.54) is 167 Å². The molecule has 1 atom stereocenters. The lowest BCUT2D eigenvalue weighted by Gasteiger charge is -2.18. The second-order valence-corrected chi connectivity index (χ2v) is 19.2. The summed E-state index contributed by atoms with van der Waals surface area (Å²) >= 11 is 0. The number of carbonyl (C=O) groups is 3. The Bertz CT molecular complexity index is 1090. The van der Waals surface area contributed by atoms with Crippen LogP contribution >= 0.6 is 0 Å². The first-order valence-corrected chi connectivity index (χ1v) is 28.5. The molecule has 0 saturated heterocycles. The Morgan fingerprint density at radius 3 is 0.938 bits per heavy atom. The van der Waals surface area contributed by atoms with Gasteiger partial charge in [-0.05, 0) is 70.6 Å². The van der Waals surface area contributed by atoms with Gasteiger partial charge in [0.15, 0.2) is 6.10 Å². The third kappa shape index (κ3) is 52.5. The molecule has 6 heteroatoms. The van der Waals surface area contributed by atoms with E-state index in [2.05, 4.69) is 57.2 Å². The molecular formula is C59H108O6. The van der Waals surface area contributed by atoms with Gasteiger partial charge in [0.25, 0.3) is 0 Å². The number of unbranched alkanes of at least 4 members (excludes halogenated alkanes) is 35. The Morgan fingerprint density at radius 1 is 0.308 bits per heavy atom. The fourth-order valence-corrected chi connectivity index (χ4v) is 8.30. The molecular weight excluding hydrogens is 805 g/mol. The normalized spacial score (nSPS) is 12.2. The van der Waals surface area contributed by atoms with Gasteiger partial charge in [-0.1, -0.05) is 250 Å². The largest absolute Gasteiger partial charge is 0.462 e. The zero-order valence-corrected chi connectivity index (χ0v) is 43.5. The van der Waals surface area contributed by atoms with E-state index in [0.717, 1.165) is 96.3 Å². The molecule has 0 aliphatic heterocycles. The lowest BCUT2D eigenvalue weighted by Crippen LogP contribution is -2.30. The standard InChI is InChI=1S/C59H108O6/c1-4-7-10-13-16-19-22-25-26-27-28-29-30-31-32-35-37-40-43-46-49-52-58(61)64-55-56(65-59(62)53-50-47-44-41-38-34-24-21-18-15-12-9-6-3)54-63-57(60)51-48-45-42-39-36-33-23-20-17-14-11-8-5-2/h12,15,20-21,23-24,56H,4-11,13-14,16-19,22,25-55H2,1-3H3/b15-12-,23-20-,24-21-. The molecule has 0 amide bonds. The van der Waals surface area contributed by atoms with Crippen LogP contribution in [0.5, 0.6) is 0 Å². The zero-order valence-electron chi connectivity index (χ0n) is 43.5. The zero-order chi connectivity index (χ0) is 47.2. The maximum atomic E-state index is 12.8. The van der Waals surface area contributed by atoms with Crippen molar-refractivity contribution in [2.24, 2.45) is 0 Å². The minimum atomic E-state index is -0.779. The van der Waals surface area contributed by atoms with Gasteiger partial charge in [0.2, 0.25) is 0 Å². The number of esters is 3. The first-order chi connectivity index (χ1) is 32.0. The van der Waals surface area contributed by atoms with Crippen molar-refractivity contribution in [3.8, 4) is 0 Å². The lowest BCUT2D eigenvalue weighted by molar-refractivity contribution is -0.167. The van der Waals surface area contributed by atoms with Gasteiger partial charge in [-0.25, -0.2) is 0 Å². The topological polar surface area (TPSA) is 78.9 Å². The number of ether oxygens (including phenoxy) is 3. The van der Waals surface area contributed by atoms with Crippen molar-refractivity contribution in [3.05, 3.63) is 36.5 Å². The molecule has 0 aromatic heterocycles. The summed E-state index contributed by atoms with van der Waals surface area (Å²) in [5.74, 6) is -0.886. The summed E-state index contributed by atoms with van der Waals surface area (Å²) in [6.07, 6.45) is 64.3. The van der Waals surface area contributed by atoms with Crippen LogP contribution in [0, 0.1) is 0 Å². The molecule has 0 aromatic rings. The summed E-state index contributed by atoms with van der Waals surface area (Å²) in [6, 6.07) is 0. The number of hydrogen-bond donors (Lipinski definition) is 0. The molecule has 0 N–H and O–H groups in total. The quantitative estimate of drug-likeness (QED) is 0.0262. The monoisotopic (exact) mass is 913 g/mol. The van der Waals surface area contributed by atoms with Crippen molar-refractivity contribution < 1.29 is 28.6 Å². The molecule has 0 bridgehead atoms. The highest BCUT2D eigenvalue weighted by Crippen LogP contribution is 2.17. The van der Waals surface area contributed by atoms with E-state index in [1.54, 1.807) is 0 Å². The second kappa shape index (κ2) is 54.2. The number of rotatable bonds is 52. The molecule has 0 rings (SSSR count). The summed E-state index contributed by atoms with van der Waals surface area (Å²) in [4.78, 5) is 38.1. The molecule has 0 aromatic carbocycles. The predicted molar refractivity (Wildman–Crippen MR) is 279 cm³/mol. The summed E-state index contributed by atoms with van der Waals surface area (Å²) in [6.45, 7) is 6.58. The summed E-state index contributed by atoms with van der Waals surface area (Å²) in [7, 11) is 0. The Kier molecular flexibility index (Phi) is 52.3. The molecule has 0 spiro atoms. The Hall–Kier alpha value is -2.37. The molecule has 0 aliphatic carbocycles. The first kappa shape index (κ1) is 62.6. The summed E-state index contributed by atoms with van der Waals surface area (Å²) < 4.78 is 16.8. The average Bonchev–Trinajstić information content (AvgIpc) is 3.30. The van der Waals surface area contributed by atoms with Crippen molar-refractivity contribution in [1.82, 2.24) is 0 Å². The number of carbonyl (C=O) groups excluding carboxylic acids is 3. The minimum absolute atomic E-state index is 0.0772. The van der Waals surface area contributed by atoms with E-state index in [1.807, 2.05) is 0 Å². The molecule has 0 saturated carbocycles. The number of hydrogen-bond acceptors (Lipinski definition) is 6. The molecule has 65 heavy (non-hydrogen) atoms. The van der Waals surface area contributed by atoms with E-state index in [4.69, 9.17) is 14.2 Å². The molecule has 6 nitrogen and oxygen atoms in total. The van der Waals surface area contributed by atoms with Crippen molar-refractivity contribution >= 4 is 17.9 Å². The van der Waals surface area contributed by atoms with Crippen LogP contribution in [-0.2, 0) is 28.6 Å². The van der Waals surface area contributed by atoms with Crippen LogP contribution in [-0.4, -0.2) is 37.2 Å². The van der Waals surface area contributed by atoms with Crippen LogP contribution in [0.3, 0.4) is 0 Å². The molecule has 0 aliphatic rings. The van der Waals surface area contributed by atoms with Gasteiger partial charge >= 0.3 is 17.9 Å². The van der Waals surface area contributed by atoms with Gasteiger partial charge < -0.3 is 14.2 Å². The molecule has 0 fully saturated rings. The molecule has 0 radical (unpaired) electrons. The summed E-state index contributed by atoms with van der Waals surface area (Å²) in [5, 5.41) is 0. The SMILES string of the molecule is CCC/C=C\C/C=C\CCCCCCCC(=O)OC(COC(=O)CCCCCCC/C=C\CCCCCC)COC(=O)CCCCCCCCCCCCCCCCCCCCCCC. The van der Waals surface area contributed by atoms with E-state index < -0.39 is 6.10 Å². The van der Waals surface area contributed by atoms with Crippen LogP contribution in [0.4, 0.5) is 0 Å². The second-order valence-electron chi connectivity index (χ2n) is 19.2. The van der Waals surface area contributed by atoms with Crippen molar-refractivity contribution in [2.45, 2.75) is 309 Å². The van der Waals surface area contributed by atoms with Crippen LogP contribution in [0.15, 0.2) is 36.5 Å². The van der Waals surface area contributed by atoms with Crippen LogP contribution < -0.4 is 0 Å². The highest BCUT2D eigenvalue weighted by atomic mass is 16.6. The van der Waals surface area contributed by atoms with Gasteiger partial charge in [0.05, 0.1) is 0 Å². The van der Waals surface area contributed by atoms with E-state index in [0.29, 0.717) is 19.3 Å². The van der Waals surface area contributed by atoms with Crippen molar-refractivity contribution in [1.29, 1.82) is 0 Å². The smallest absolute Gasteiger partial charge is 0.306 e. The molecule has 380 valence electrons. The van der Waals surface area contributed by atoms with Crippen molar-refractivity contribution in [3.63, 3.8) is 0 Å². The van der Waals surface area contributed by atoms with E-state index in [9.17, 15) is 14.4 Å². The van der Waals surface area contributed by atoms with Gasteiger partial charge in [-0.15, -0.1) is 0 Å². The highest BCUT2D eigenvalue weighted by Gasteiger charge is 2.19. The van der Waals surface area contributed by atoms with Gasteiger partial charge in [-0.2, -0.15) is 0 Å². The van der Waals surface area contributed by atoms with Crippen LogP contribution in [0.1, 0.15) is 303 Å². The number of allylic oxidation sites excluding steroid dienone is 6. The van der Waals surface area contributed by atoms with Crippen LogP contribution in [0.2, 0.25) is 0 Å². The highest BCUT2D eigenvalue weighted by molar-refractivity contribution is 5.71. The maximum Gasteiger partial charge on any atom is 0.306 e. The van der Waals surface area contributed by atoms with Crippen molar-refractivity contribution in [2.75, 3.05) is 13.2 Å². The lowest BCUT2D eigenvalue weighted by atomic mass is 10.0. The van der Waals surface area contributed by atoms with Crippen LogP contribution in [0.25, 0.3) is 0 Å². The van der Waals surface area contributed by atoms with Gasteiger partial charge in [0.1, 0.15) is 13.2 Å². The Morgan fingerprint density at radius 2 is 0.585 bits per heavy atom. The van der Waals surface area contributed by atoms with E-state index >= 15 is 0 Å². The van der Waals surface area contributed by atoms with E-state index in [-0.39, 0.29) is 31.1 Å². The van der Waals surface area contributed by atoms with Gasteiger partial charge in [-0.3, -0.25) is 14.4 Å². The average molecular weight is 914 g/mol. The fraction of sp³-hybridized carbons (Fsp3) is 0.847. The Labute approximate surface area is 404 Å². The minimum Gasteiger partial charge on any atom is -0.462 e. The third-order valence-electron chi connectivity index (χ3n) is 12.6.